The number of primary sulfonamides is 1. The number of nitrogens with two attached hydrogens (primary N) is 1. The van der Waals surface area contributed by atoms with Crippen molar-refractivity contribution in [3.8, 4) is 0 Å². The van der Waals surface area contributed by atoms with Crippen LogP contribution in [0.25, 0.3) is 0 Å². The van der Waals surface area contributed by atoms with Gasteiger partial charge in [0.2, 0.25) is 10.0 Å². The van der Waals surface area contributed by atoms with Crippen molar-refractivity contribution in [2.45, 2.75) is 11.8 Å². The van der Waals surface area contributed by atoms with Gasteiger partial charge in [-0.3, -0.25) is 9.59 Å². The maximum absolute atomic E-state index is 12.9. The number of thiophene rings is 1. The predicted octanol–water partition coefficient (Wildman–Crippen LogP) is 2.65. The molecular formula is C20H19N3O4S2. The number of nitrogens with one attached hydrogen (secondary N) is 2. The fourth-order valence-electron chi connectivity index (χ4n) is 2.69. The first-order valence-corrected chi connectivity index (χ1v) is 11.2. The molecule has 29 heavy (non-hydrogen) atoms. The van der Waals surface area contributed by atoms with Gasteiger partial charge in [0.05, 0.1) is 10.6 Å². The third-order valence-electron chi connectivity index (χ3n) is 4.00. The highest BCUT2D eigenvalue weighted by atomic mass is 32.2. The maximum atomic E-state index is 12.9. The molecule has 0 aliphatic rings. The summed E-state index contributed by atoms with van der Waals surface area (Å²) in [4.78, 5) is 25.9. The second-order valence-electron chi connectivity index (χ2n) is 6.29. The van der Waals surface area contributed by atoms with Crippen LogP contribution < -0.4 is 15.8 Å². The van der Waals surface area contributed by atoms with E-state index in [0.29, 0.717) is 21.7 Å². The van der Waals surface area contributed by atoms with Crippen molar-refractivity contribution in [2.75, 3.05) is 5.32 Å². The smallest absolute Gasteiger partial charge is 0.262 e. The van der Waals surface area contributed by atoms with Crippen molar-refractivity contribution in [3.05, 3.63) is 88.1 Å². The minimum absolute atomic E-state index is 0.287. The summed E-state index contributed by atoms with van der Waals surface area (Å²) >= 11 is 1.29. The van der Waals surface area contributed by atoms with Crippen LogP contribution in [0.5, 0.6) is 0 Å². The van der Waals surface area contributed by atoms with E-state index in [1.54, 1.807) is 66.0 Å². The van der Waals surface area contributed by atoms with Crippen LogP contribution in [0.1, 0.15) is 26.8 Å². The van der Waals surface area contributed by atoms with Crippen LogP contribution in [0, 0.1) is 0 Å². The molecule has 0 spiro atoms. The summed E-state index contributed by atoms with van der Waals surface area (Å²) in [6.07, 6.45) is 0. The first kappa shape index (κ1) is 20.7. The Labute approximate surface area is 172 Å². The van der Waals surface area contributed by atoms with Crippen molar-refractivity contribution >= 4 is 38.9 Å². The number of amides is 2. The van der Waals surface area contributed by atoms with Gasteiger partial charge in [-0.1, -0.05) is 48.5 Å². The quantitative estimate of drug-likeness (QED) is 0.535. The minimum atomic E-state index is -3.63. The van der Waals surface area contributed by atoms with E-state index in [0.717, 1.165) is 0 Å². The molecule has 9 heteroatoms. The molecule has 4 N–H and O–H groups in total. The molecule has 1 atom stereocenters. The molecule has 0 saturated carbocycles. The summed E-state index contributed by atoms with van der Waals surface area (Å²) < 4.78 is 22.4. The largest absolute Gasteiger partial charge is 0.336 e. The lowest BCUT2D eigenvalue weighted by atomic mass is 10.1. The van der Waals surface area contributed by atoms with Gasteiger partial charge in [-0.25, -0.2) is 13.6 Å². The van der Waals surface area contributed by atoms with Gasteiger partial charge in [-0.15, -0.1) is 11.3 Å². The van der Waals surface area contributed by atoms with E-state index in [2.05, 4.69) is 10.6 Å². The fourth-order valence-corrected chi connectivity index (χ4v) is 3.97. The van der Waals surface area contributed by atoms with Gasteiger partial charge in [0, 0.05) is 5.69 Å². The third-order valence-corrected chi connectivity index (χ3v) is 5.61. The standard InChI is InChI=1S/C20H19N3O4S2/c21-29(26,27)13-14-8-10-16(11-9-14)22-20(25)18(15-5-2-1-3-6-15)23-19(24)17-7-4-12-28-17/h1-12,18H,13H2,(H,22,25)(H,23,24)(H2,21,26,27). The number of sulfonamides is 1. The van der Waals surface area contributed by atoms with E-state index in [1.165, 1.54) is 11.3 Å². The number of hydrogen-bond acceptors (Lipinski definition) is 5. The van der Waals surface area contributed by atoms with Crippen molar-refractivity contribution in [1.29, 1.82) is 0 Å². The molecule has 2 amide bonds. The van der Waals surface area contributed by atoms with E-state index in [1.807, 2.05) is 6.07 Å². The van der Waals surface area contributed by atoms with Crippen LogP contribution in [0.3, 0.4) is 0 Å². The van der Waals surface area contributed by atoms with Crippen LogP contribution in [0.15, 0.2) is 72.1 Å². The Balaban J connectivity index is 1.77. The highest BCUT2D eigenvalue weighted by molar-refractivity contribution is 7.88. The Morgan fingerprint density at radius 2 is 1.66 bits per heavy atom. The molecule has 0 aliphatic carbocycles. The van der Waals surface area contributed by atoms with Gasteiger partial charge in [0.25, 0.3) is 11.8 Å². The van der Waals surface area contributed by atoms with Gasteiger partial charge >= 0.3 is 0 Å². The monoisotopic (exact) mass is 429 g/mol. The molecule has 3 aromatic rings. The SMILES string of the molecule is NS(=O)(=O)Cc1ccc(NC(=O)C(NC(=O)c2cccs2)c2ccccc2)cc1. The van der Waals surface area contributed by atoms with Crippen molar-refractivity contribution in [2.24, 2.45) is 5.14 Å². The lowest BCUT2D eigenvalue weighted by molar-refractivity contribution is -0.118. The highest BCUT2D eigenvalue weighted by Crippen LogP contribution is 2.19. The molecule has 1 aromatic heterocycles. The average Bonchev–Trinajstić information content (AvgIpc) is 3.22. The summed E-state index contributed by atoms with van der Waals surface area (Å²) in [5.74, 6) is -1.04. The molecule has 7 nitrogen and oxygen atoms in total. The number of benzene rings is 2. The summed E-state index contributed by atoms with van der Waals surface area (Å²) in [6, 6.07) is 17.8. The molecular weight excluding hydrogens is 410 g/mol. The normalized spacial score (nSPS) is 12.2. The molecule has 0 radical (unpaired) electrons. The number of anilines is 1. The summed E-state index contributed by atoms with van der Waals surface area (Å²) in [6.45, 7) is 0. The average molecular weight is 430 g/mol. The molecule has 2 aromatic carbocycles. The zero-order valence-corrected chi connectivity index (χ0v) is 16.9. The lowest BCUT2D eigenvalue weighted by Crippen LogP contribution is -2.36. The third kappa shape index (κ3) is 5.98. The number of rotatable bonds is 7. The second kappa shape index (κ2) is 8.99. The van der Waals surface area contributed by atoms with Crippen LogP contribution in [0.2, 0.25) is 0 Å². The fraction of sp³-hybridized carbons (Fsp3) is 0.100. The molecule has 150 valence electrons. The van der Waals surface area contributed by atoms with Crippen molar-refractivity contribution in [1.82, 2.24) is 5.32 Å². The zero-order chi connectivity index (χ0) is 20.9. The molecule has 0 fully saturated rings. The van der Waals surface area contributed by atoms with Gasteiger partial charge in [0.15, 0.2) is 0 Å². The number of carbonyl (C=O) groups excluding carboxylic acids is 2. The van der Waals surface area contributed by atoms with Crippen LogP contribution >= 0.6 is 11.3 Å². The highest BCUT2D eigenvalue weighted by Gasteiger charge is 2.23. The first-order chi connectivity index (χ1) is 13.8. The van der Waals surface area contributed by atoms with Gasteiger partial charge < -0.3 is 10.6 Å². The predicted molar refractivity (Wildman–Crippen MR) is 113 cm³/mol. The summed E-state index contributed by atoms with van der Waals surface area (Å²) in [5.41, 5.74) is 1.62. The van der Waals surface area contributed by atoms with Crippen molar-refractivity contribution < 1.29 is 18.0 Å². The van der Waals surface area contributed by atoms with Crippen LogP contribution in [-0.2, 0) is 20.6 Å². The van der Waals surface area contributed by atoms with Crippen LogP contribution in [-0.4, -0.2) is 20.2 Å². The van der Waals surface area contributed by atoms with E-state index in [9.17, 15) is 18.0 Å². The van der Waals surface area contributed by atoms with E-state index in [4.69, 9.17) is 5.14 Å². The van der Waals surface area contributed by atoms with E-state index >= 15 is 0 Å². The van der Waals surface area contributed by atoms with E-state index < -0.39 is 22.0 Å². The number of hydrogen-bond donors (Lipinski definition) is 3. The van der Waals surface area contributed by atoms with Gasteiger partial charge in [0.1, 0.15) is 6.04 Å². The molecule has 0 saturated heterocycles. The lowest BCUT2D eigenvalue weighted by Gasteiger charge is -2.19. The van der Waals surface area contributed by atoms with Gasteiger partial charge in [-0.2, -0.15) is 0 Å². The Kier molecular flexibility index (Phi) is 6.42. The molecule has 0 bridgehead atoms. The Morgan fingerprint density at radius 1 is 0.966 bits per heavy atom. The maximum Gasteiger partial charge on any atom is 0.262 e. The summed E-state index contributed by atoms with van der Waals surface area (Å²) in [5, 5.41) is 12.3. The molecule has 1 unspecified atom stereocenters. The summed E-state index contributed by atoms with van der Waals surface area (Å²) in [7, 11) is -3.63. The van der Waals surface area contributed by atoms with E-state index in [-0.39, 0.29) is 11.7 Å². The van der Waals surface area contributed by atoms with Crippen LogP contribution in [0.4, 0.5) is 5.69 Å². The molecule has 1 heterocycles. The Hall–Kier alpha value is -3.01. The molecule has 3 rings (SSSR count). The Bertz CT molecular complexity index is 1080. The first-order valence-electron chi connectivity index (χ1n) is 8.61. The van der Waals surface area contributed by atoms with Gasteiger partial charge in [-0.05, 0) is 34.7 Å². The second-order valence-corrected chi connectivity index (χ2v) is 8.85. The Morgan fingerprint density at radius 3 is 2.24 bits per heavy atom. The van der Waals surface area contributed by atoms with Crippen molar-refractivity contribution in [3.63, 3.8) is 0 Å². The number of carbonyl (C=O) groups is 2. The molecule has 0 aliphatic heterocycles. The minimum Gasteiger partial charge on any atom is -0.336 e. The topological polar surface area (TPSA) is 118 Å². The zero-order valence-electron chi connectivity index (χ0n) is 15.2.